The van der Waals surface area contributed by atoms with Gasteiger partial charge in [0.05, 0.1) is 31.9 Å². The largest absolute Gasteiger partial charge is 0.496 e. The van der Waals surface area contributed by atoms with Crippen molar-refractivity contribution in [3.05, 3.63) is 23.8 Å². The first kappa shape index (κ1) is 16.8. The standard InChI is InChI=1S/C16H27NO3/c1-6-9-14(20-7-2)16(17-3)15-12(18-4)10-8-11-13(15)19-5/h8,10-11,14,16-17H,6-7,9H2,1-5H3. The number of likely N-dealkylation sites (N-methyl/N-ethyl adjacent to an activating group) is 1. The van der Waals surface area contributed by atoms with E-state index in [4.69, 9.17) is 14.2 Å². The lowest BCUT2D eigenvalue weighted by molar-refractivity contribution is 0.0283. The zero-order valence-corrected chi connectivity index (χ0v) is 13.2. The van der Waals surface area contributed by atoms with Crippen molar-refractivity contribution in [2.75, 3.05) is 27.9 Å². The van der Waals surface area contributed by atoms with Gasteiger partial charge in [-0.3, -0.25) is 0 Å². The van der Waals surface area contributed by atoms with Crippen molar-refractivity contribution < 1.29 is 14.2 Å². The van der Waals surface area contributed by atoms with Gasteiger partial charge in [0.1, 0.15) is 11.5 Å². The summed E-state index contributed by atoms with van der Waals surface area (Å²) in [6, 6.07) is 5.89. The lowest BCUT2D eigenvalue weighted by Crippen LogP contribution is -2.32. The molecule has 0 amide bonds. The first-order valence-electron chi connectivity index (χ1n) is 7.23. The molecule has 0 aliphatic carbocycles. The van der Waals surface area contributed by atoms with Gasteiger partial charge in [0.2, 0.25) is 0 Å². The van der Waals surface area contributed by atoms with Gasteiger partial charge >= 0.3 is 0 Å². The molecule has 0 saturated carbocycles. The molecule has 0 aliphatic heterocycles. The molecule has 1 aromatic rings. The highest BCUT2D eigenvalue weighted by atomic mass is 16.5. The van der Waals surface area contributed by atoms with E-state index in [0.717, 1.165) is 29.9 Å². The summed E-state index contributed by atoms with van der Waals surface area (Å²) in [5.74, 6) is 1.65. The van der Waals surface area contributed by atoms with Gasteiger partial charge < -0.3 is 19.5 Å². The Labute approximate surface area is 122 Å². The molecule has 20 heavy (non-hydrogen) atoms. The minimum Gasteiger partial charge on any atom is -0.496 e. The molecule has 1 rings (SSSR count). The minimum atomic E-state index is 0.0426. The van der Waals surface area contributed by atoms with Crippen LogP contribution in [0.15, 0.2) is 18.2 Å². The Bertz CT molecular complexity index is 367. The maximum absolute atomic E-state index is 5.92. The minimum absolute atomic E-state index is 0.0426. The maximum atomic E-state index is 5.92. The highest BCUT2D eigenvalue weighted by Crippen LogP contribution is 2.37. The Kier molecular flexibility index (Phi) is 7.41. The normalized spacial score (nSPS) is 13.8. The Morgan fingerprint density at radius 3 is 2.10 bits per heavy atom. The SMILES string of the molecule is CCCC(OCC)C(NC)c1c(OC)cccc1OC. The number of benzene rings is 1. The summed E-state index contributed by atoms with van der Waals surface area (Å²) in [5, 5.41) is 3.35. The number of hydrogen-bond acceptors (Lipinski definition) is 4. The summed E-state index contributed by atoms with van der Waals surface area (Å²) in [5.41, 5.74) is 1.02. The molecule has 2 atom stereocenters. The fourth-order valence-corrected chi connectivity index (χ4v) is 2.55. The molecule has 0 saturated heterocycles. The molecule has 0 bridgehead atoms. The molecular weight excluding hydrogens is 254 g/mol. The van der Waals surface area contributed by atoms with Gasteiger partial charge in [-0.25, -0.2) is 0 Å². The fourth-order valence-electron chi connectivity index (χ4n) is 2.55. The molecule has 0 aromatic heterocycles. The molecule has 0 spiro atoms. The Morgan fingerprint density at radius 2 is 1.70 bits per heavy atom. The van der Waals surface area contributed by atoms with Crippen LogP contribution in [0.5, 0.6) is 11.5 Å². The molecule has 1 aromatic carbocycles. The van der Waals surface area contributed by atoms with Crippen molar-refractivity contribution in [2.24, 2.45) is 0 Å². The Hall–Kier alpha value is -1.26. The van der Waals surface area contributed by atoms with Crippen LogP contribution in [0.25, 0.3) is 0 Å². The van der Waals surface area contributed by atoms with Crippen LogP contribution in [-0.2, 0) is 4.74 Å². The third-order valence-corrected chi connectivity index (χ3v) is 3.41. The van der Waals surface area contributed by atoms with Gasteiger partial charge in [-0.15, -0.1) is 0 Å². The van der Waals surface area contributed by atoms with Crippen molar-refractivity contribution >= 4 is 0 Å². The van der Waals surface area contributed by atoms with Gasteiger partial charge in [0, 0.05) is 6.61 Å². The summed E-state index contributed by atoms with van der Waals surface area (Å²) < 4.78 is 16.9. The van der Waals surface area contributed by atoms with Crippen LogP contribution >= 0.6 is 0 Å². The first-order valence-corrected chi connectivity index (χ1v) is 7.23. The molecule has 0 fully saturated rings. The van der Waals surface area contributed by atoms with E-state index in [9.17, 15) is 0 Å². The van der Waals surface area contributed by atoms with Crippen molar-refractivity contribution in [2.45, 2.75) is 38.8 Å². The van der Waals surface area contributed by atoms with Crippen molar-refractivity contribution in [1.82, 2.24) is 5.32 Å². The number of ether oxygens (including phenoxy) is 3. The molecule has 4 heteroatoms. The summed E-state index contributed by atoms with van der Waals surface area (Å²) in [6.07, 6.45) is 2.15. The smallest absolute Gasteiger partial charge is 0.127 e. The van der Waals surface area contributed by atoms with Crippen LogP contribution in [0.4, 0.5) is 0 Å². The van der Waals surface area contributed by atoms with E-state index in [0.29, 0.717) is 6.61 Å². The highest BCUT2D eigenvalue weighted by Gasteiger charge is 2.27. The van der Waals surface area contributed by atoms with Crippen molar-refractivity contribution in [1.29, 1.82) is 0 Å². The van der Waals surface area contributed by atoms with Crippen LogP contribution in [0, 0.1) is 0 Å². The lowest BCUT2D eigenvalue weighted by Gasteiger charge is -2.29. The molecular formula is C16H27NO3. The second-order valence-corrected chi connectivity index (χ2v) is 4.63. The van der Waals surface area contributed by atoms with E-state index in [1.54, 1.807) is 14.2 Å². The van der Waals surface area contributed by atoms with Gasteiger partial charge in [0.15, 0.2) is 0 Å². The van der Waals surface area contributed by atoms with E-state index < -0.39 is 0 Å². The fraction of sp³-hybridized carbons (Fsp3) is 0.625. The van der Waals surface area contributed by atoms with Gasteiger partial charge in [-0.05, 0) is 32.5 Å². The zero-order chi connectivity index (χ0) is 15.0. The monoisotopic (exact) mass is 281 g/mol. The lowest BCUT2D eigenvalue weighted by atomic mass is 9.96. The predicted molar refractivity (Wildman–Crippen MR) is 81.7 cm³/mol. The number of nitrogens with one attached hydrogen (secondary N) is 1. The third-order valence-electron chi connectivity index (χ3n) is 3.41. The summed E-state index contributed by atoms with van der Waals surface area (Å²) >= 11 is 0. The van der Waals surface area contributed by atoms with E-state index in [1.807, 2.05) is 32.2 Å². The van der Waals surface area contributed by atoms with Crippen LogP contribution in [0.1, 0.15) is 38.3 Å². The summed E-state index contributed by atoms with van der Waals surface area (Å²) in [7, 11) is 5.30. The quantitative estimate of drug-likeness (QED) is 0.754. The van der Waals surface area contributed by atoms with E-state index in [-0.39, 0.29) is 12.1 Å². The average molecular weight is 281 g/mol. The Balaban J connectivity index is 3.20. The molecule has 1 N–H and O–H groups in total. The second kappa shape index (κ2) is 8.82. The molecule has 4 nitrogen and oxygen atoms in total. The van der Waals surface area contributed by atoms with E-state index in [2.05, 4.69) is 12.2 Å². The second-order valence-electron chi connectivity index (χ2n) is 4.63. The van der Waals surface area contributed by atoms with Crippen LogP contribution in [-0.4, -0.2) is 34.0 Å². The third kappa shape index (κ3) is 3.87. The predicted octanol–water partition coefficient (Wildman–Crippen LogP) is 3.17. The first-order chi connectivity index (χ1) is 9.73. The van der Waals surface area contributed by atoms with Crippen LogP contribution in [0.2, 0.25) is 0 Å². The van der Waals surface area contributed by atoms with Gasteiger partial charge in [-0.2, -0.15) is 0 Å². The number of methoxy groups -OCH3 is 2. The Morgan fingerprint density at radius 1 is 1.10 bits per heavy atom. The number of hydrogen-bond donors (Lipinski definition) is 1. The van der Waals surface area contributed by atoms with E-state index in [1.165, 1.54) is 0 Å². The molecule has 114 valence electrons. The molecule has 0 heterocycles. The average Bonchev–Trinajstić information content (AvgIpc) is 2.48. The zero-order valence-electron chi connectivity index (χ0n) is 13.2. The van der Waals surface area contributed by atoms with Crippen LogP contribution < -0.4 is 14.8 Å². The molecule has 2 unspecified atom stereocenters. The maximum Gasteiger partial charge on any atom is 0.127 e. The van der Waals surface area contributed by atoms with Gasteiger partial charge in [-0.1, -0.05) is 19.4 Å². The summed E-state index contributed by atoms with van der Waals surface area (Å²) in [6.45, 7) is 4.88. The number of rotatable bonds is 9. The van der Waals surface area contributed by atoms with E-state index >= 15 is 0 Å². The molecule has 0 radical (unpaired) electrons. The van der Waals surface area contributed by atoms with Crippen LogP contribution in [0.3, 0.4) is 0 Å². The van der Waals surface area contributed by atoms with Crippen molar-refractivity contribution in [3.63, 3.8) is 0 Å². The summed E-state index contributed by atoms with van der Waals surface area (Å²) in [4.78, 5) is 0. The topological polar surface area (TPSA) is 39.7 Å². The van der Waals surface area contributed by atoms with Crippen molar-refractivity contribution in [3.8, 4) is 11.5 Å². The molecule has 0 aliphatic rings. The van der Waals surface area contributed by atoms with Gasteiger partial charge in [0.25, 0.3) is 0 Å². The highest BCUT2D eigenvalue weighted by molar-refractivity contribution is 5.47.